The fourth-order valence-electron chi connectivity index (χ4n) is 5.65. The number of fused-ring (bicyclic) bond motifs is 2. The van der Waals surface area contributed by atoms with Crippen molar-refractivity contribution >= 4 is 28.5 Å². The van der Waals surface area contributed by atoms with E-state index in [0.717, 1.165) is 40.4 Å². The SMILES string of the molecule is COc1cccc2[nH]c(C(=O)N3CCc4cc(C)ccc4C3C(=O)N[C@H](C#N)CC3CCCC3=O)cc12. The van der Waals surface area contributed by atoms with Gasteiger partial charge < -0.3 is 19.9 Å². The van der Waals surface area contributed by atoms with Gasteiger partial charge in [0.1, 0.15) is 29.3 Å². The third-order valence-electron chi connectivity index (χ3n) is 7.53. The lowest BCUT2D eigenvalue weighted by Gasteiger charge is -2.36. The number of Topliss-reactive ketones (excluding diaryl/α,β-unsaturated/α-hetero) is 1. The Hall–Kier alpha value is -4.12. The zero-order valence-electron chi connectivity index (χ0n) is 21.0. The van der Waals surface area contributed by atoms with Crippen LogP contribution in [-0.4, -0.2) is 47.2 Å². The minimum atomic E-state index is -0.889. The molecule has 3 aromatic rings. The summed E-state index contributed by atoms with van der Waals surface area (Å²) in [6, 6.07) is 13.6. The number of amides is 2. The molecule has 1 aromatic heterocycles. The molecule has 1 aliphatic carbocycles. The van der Waals surface area contributed by atoms with E-state index < -0.39 is 18.0 Å². The molecule has 2 heterocycles. The van der Waals surface area contributed by atoms with E-state index in [0.29, 0.717) is 37.3 Å². The molecule has 1 fully saturated rings. The number of nitrogens with zero attached hydrogens (tertiary/aromatic N) is 2. The highest BCUT2D eigenvalue weighted by atomic mass is 16.5. The maximum Gasteiger partial charge on any atom is 0.271 e. The number of hydrogen-bond donors (Lipinski definition) is 2. The molecule has 2 aliphatic rings. The van der Waals surface area contributed by atoms with Crippen LogP contribution in [-0.2, 0) is 16.0 Å². The predicted octanol–water partition coefficient (Wildman–Crippen LogP) is 3.99. The second kappa shape index (κ2) is 10.1. The monoisotopic (exact) mass is 498 g/mol. The predicted molar refractivity (Wildman–Crippen MR) is 138 cm³/mol. The van der Waals surface area contributed by atoms with E-state index >= 15 is 0 Å². The van der Waals surface area contributed by atoms with Crippen molar-refractivity contribution in [2.24, 2.45) is 5.92 Å². The number of nitriles is 1. The number of aromatic amines is 1. The first-order valence-electron chi connectivity index (χ1n) is 12.7. The number of ketones is 1. The summed E-state index contributed by atoms with van der Waals surface area (Å²) in [7, 11) is 1.58. The van der Waals surface area contributed by atoms with Crippen molar-refractivity contribution in [2.45, 2.75) is 51.1 Å². The van der Waals surface area contributed by atoms with Gasteiger partial charge in [-0.05, 0) is 61.9 Å². The van der Waals surface area contributed by atoms with Crippen LogP contribution in [0.3, 0.4) is 0 Å². The van der Waals surface area contributed by atoms with Crippen LogP contribution in [0.4, 0.5) is 0 Å². The van der Waals surface area contributed by atoms with E-state index in [1.54, 1.807) is 18.1 Å². The first-order valence-corrected chi connectivity index (χ1v) is 12.7. The molecule has 2 unspecified atom stereocenters. The molecule has 2 N–H and O–H groups in total. The number of aryl methyl sites for hydroxylation is 1. The van der Waals surface area contributed by atoms with Crippen molar-refractivity contribution in [3.05, 3.63) is 64.8 Å². The molecule has 3 atom stereocenters. The van der Waals surface area contributed by atoms with E-state index in [4.69, 9.17) is 4.74 Å². The quantitative estimate of drug-likeness (QED) is 0.533. The zero-order valence-corrected chi connectivity index (χ0v) is 21.0. The van der Waals surface area contributed by atoms with Gasteiger partial charge in [-0.25, -0.2) is 0 Å². The second-order valence-corrected chi connectivity index (χ2v) is 9.94. The summed E-state index contributed by atoms with van der Waals surface area (Å²) in [5, 5.41) is 13.4. The van der Waals surface area contributed by atoms with E-state index in [1.165, 1.54) is 0 Å². The number of hydrogen-bond acceptors (Lipinski definition) is 5. The van der Waals surface area contributed by atoms with E-state index in [9.17, 15) is 19.6 Å². The third-order valence-corrected chi connectivity index (χ3v) is 7.53. The first kappa shape index (κ1) is 24.6. The average Bonchev–Trinajstić information content (AvgIpc) is 3.52. The standard InChI is InChI=1S/C29H30N4O4/c1-17-9-10-21-18(13-17)11-12-33(29(36)24-15-22-23(32-24)6-4-8-26(22)37-2)27(21)28(35)31-20(16-30)14-19-5-3-7-25(19)34/h4,6,8-10,13,15,19-20,27,32H,3,5,7,11-12,14H2,1-2H3,(H,31,35)/t19?,20-,27?/m0/s1. The average molecular weight is 499 g/mol. The molecule has 1 aliphatic heterocycles. The highest BCUT2D eigenvalue weighted by Crippen LogP contribution is 2.34. The van der Waals surface area contributed by atoms with Crippen LogP contribution in [0.25, 0.3) is 10.9 Å². The number of nitrogens with one attached hydrogen (secondary N) is 2. The number of carbonyl (C=O) groups excluding carboxylic acids is 3. The molecule has 5 rings (SSSR count). The van der Waals surface area contributed by atoms with Crippen molar-refractivity contribution in [1.82, 2.24) is 15.2 Å². The molecular weight excluding hydrogens is 468 g/mol. The van der Waals surface area contributed by atoms with Gasteiger partial charge in [0.15, 0.2) is 0 Å². The van der Waals surface area contributed by atoms with Crippen LogP contribution < -0.4 is 10.1 Å². The maximum atomic E-state index is 13.8. The Balaban J connectivity index is 1.46. The van der Waals surface area contributed by atoms with Gasteiger partial charge >= 0.3 is 0 Å². The number of carbonyl (C=O) groups is 3. The van der Waals surface area contributed by atoms with Gasteiger partial charge in [0.25, 0.3) is 5.91 Å². The third kappa shape index (κ3) is 4.69. The molecular formula is C29H30N4O4. The van der Waals surface area contributed by atoms with E-state index in [-0.39, 0.29) is 17.6 Å². The van der Waals surface area contributed by atoms with Gasteiger partial charge in [0.05, 0.1) is 13.2 Å². The first-order chi connectivity index (χ1) is 17.9. The molecule has 2 amide bonds. The summed E-state index contributed by atoms with van der Waals surface area (Å²) in [4.78, 5) is 44.4. The van der Waals surface area contributed by atoms with Gasteiger partial charge in [-0.2, -0.15) is 5.26 Å². The van der Waals surface area contributed by atoms with Gasteiger partial charge in [-0.3, -0.25) is 14.4 Å². The lowest BCUT2D eigenvalue weighted by atomic mass is 9.90. The normalized spacial score (nSPS) is 19.8. The highest BCUT2D eigenvalue weighted by Gasteiger charge is 2.38. The number of benzene rings is 2. The van der Waals surface area contributed by atoms with Crippen molar-refractivity contribution in [3.63, 3.8) is 0 Å². The summed E-state index contributed by atoms with van der Waals surface area (Å²) < 4.78 is 5.44. The van der Waals surface area contributed by atoms with Crippen molar-refractivity contribution in [2.75, 3.05) is 13.7 Å². The number of aromatic nitrogens is 1. The largest absolute Gasteiger partial charge is 0.496 e. The van der Waals surface area contributed by atoms with E-state index in [2.05, 4.69) is 16.4 Å². The summed E-state index contributed by atoms with van der Waals surface area (Å²) in [5.74, 6) is -0.114. The number of H-pyrrole nitrogens is 1. The van der Waals surface area contributed by atoms with Crippen LogP contribution in [0.1, 0.15) is 58.9 Å². The lowest BCUT2D eigenvalue weighted by Crippen LogP contribution is -2.49. The van der Waals surface area contributed by atoms with Crippen molar-refractivity contribution in [1.29, 1.82) is 5.26 Å². The molecule has 190 valence electrons. The van der Waals surface area contributed by atoms with Gasteiger partial charge in [0, 0.05) is 29.8 Å². The van der Waals surface area contributed by atoms with Crippen LogP contribution in [0, 0.1) is 24.2 Å². The van der Waals surface area contributed by atoms with E-state index in [1.807, 2.05) is 43.3 Å². The van der Waals surface area contributed by atoms with Crippen molar-refractivity contribution < 1.29 is 19.1 Å². The van der Waals surface area contributed by atoms with Crippen LogP contribution in [0.5, 0.6) is 5.75 Å². The molecule has 1 saturated carbocycles. The Morgan fingerprint density at radius 2 is 2.08 bits per heavy atom. The fourth-order valence-corrected chi connectivity index (χ4v) is 5.65. The number of rotatable bonds is 6. The maximum absolute atomic E-state index is 13.8. The zero-order chi connectivity index (χ0) is 26.1. The number of ether oxygens (including phenoxy) is 1. The van der Waals surface area contributed by atoms with Crippen LogP contribution in [0.15, 0.2) is 42.5 Å². The van der Waals surface area contributed by atoms with Crippen molar-refractivity contribution in [3.8, 4) is 11.8 Å². The van der Waals surface area contributed by atoms with Crippen LogP contribution in [0.2, 0.25) is 0 Å². The second-order valence-electron chi connectivity index (χ2n) is 9.94. The minimum absolute atomic E-state index is 0.152. The summed E-state index contributed by atoms with van der Waals surface area (Å²) in [6.07, 6.45) is 3.01. The van der Waals surface area contributed by atoms with Gasteiger partial charge in [0.2, 0.25) is 5.91 Å². The molecule has 0 radical (unpaired) electrons. The van der Waals surface area contributed by atoms with Crippen LogP contribution >= 0.6 is 0 Å². The molecule has 8 heteroatoms. The highest BCUT2D eigenvalue weighted by molar-refractivity contribution is 6.02. The Morgan fingerprint density at radius 3 is 2.81 bits per heavy atom. The van der Waals surface area contributed by atoms with Gasteiger partial charge in [-0.15, -0.1) is 0 Å². The fraction of sp³-hybridized carbons (Fsp3) is 0.379. The lowest BCUT2D eigenvalue weighted by molar-refractivity contribution is -0.127. The summed E-state index contributed by atoms with van der Waals surface area (Å²) in [6.45, 7) is 2.35. The summed E-state index contributed by atoms with van der Waals surface area (Å²) in [5.41, 5.74) is 3.98. The number of methoxy groups -OCH3 is 1. The minimum Gasteiger partial charge on any atom is -0.496 e. The Labute approximate surface area is 215 Å². The Bertz CT molecular complexity index is 1420. The molecule has 0 bridgehead atoms. The molecule has 2 aromatic carbocycles. The van der Waals surface area contributed by atoms with Gasteiger partial charge in [-0.1, -0.05) is 29.8 Å². The summed E-state index contributed by atoms with van der Waals surface area (Å²) >= 11 is 0. The topological polar surface area (TPSA) is 115 Å². The Morgan fingerprint density at radius 1 is 1.24 bits per heavy atom. The Kier molecular flexibility index (Phi) is 6.70. The molecule has 37 heavy (non-hydrogen) atoms. The molecule has 0 saturated heterocycles. The molecule has 8 nitrogen and oxygen atoms in total. The smallest absolute Gasteiger partial charge is 0.271 e. The molecule has 0 spiro atoms.